The molecule has 0 saturated carbocycles. The first-order valence-corrected chi connectivity index (χ1v) is 6.07. The number of carbonyl (C=O) groups excluding carboxylic acids is 1. The normalized spacial score (nSPS) is 10.3. The third-order valence-electron chi connectivity index (χ3n) is 2.58. The number of primary amides is 1. The van der Waals surface area contributed by atoms with Gasteiger partial charge in [-0.3, -0.25) is 4.79 Å². The van der Waals surface area contributed by atoms with Crippen LogP contribution in [0.5, 0.6) is 0 Å². The lowest BCUT2D eigenvalue weighted by molar-refractivity contribution is 0.100. The minimum absolute atomic E-state index is 0.351. The van der Waals surface area contributed by atoms with Gasteiger partial charge < -0.3 is 5.73 Å². The van der Waals surface area contributed by atoms with Gasteiger partial charge in [-0.05, 0) is 29.0 Å². The Labute approximate surface area is 98.7 Å². The summed E-state index contributed by atoms with van der Waals surface area (Å²) in [6.45, 7) is 2.11. The van der Waals surface area contributed by atoms with E-state index in [2.05, 4.69) is 13.0 Å². The minimum Gasteiger partial charge on any atom is -0.365 e. The number of benzene rings is 1. The predicted molar refractivity (Wildman–Crippen MR) is 67.7 cm³/mol. The third kappa shape index (κ3) is 1.86. The summed E-state index contributed by atoms with van der Waals surface area (Å²) in [6.07, 6.45) is 0.949. The smallest absolute Gasteiger partial charge is 0.259 e. The van der Waals surface area contributed by atoms with Gasteiger partial charge in [0.1, 0.15) is 0 Å². The van der Waals surface area contributed by atoms with Crippen molar-refractivity contribution in [3.8, 4) is 11.1 Å². The predicted octanol–water partition coefficient (Wildman–Crippen LogP) is 3.08. The largest absolute Gasteiger partial charge is 0.365 e. The number of rotatable bonds is 3. The van der Waals surface area contributed by atoms with E-state index in [0.717, 1.165) is 17.5 Å². The highest BCUT2D eigenvalue weighted by molar-refractivity contribution is 7.12. The summed E-state index contributed by atoms with van der Waals surface area (Å²) >= 11 is 1.40. The fourth-order valence-corrected chi connectivity index (χ4v) is 2.56. The van der Waals surface area contributed by atoms with Gasteiger partial charge in [0, 0.05) is 5.56 Å². The summed E-state index contributed by atoms with van der Waals surface area (Å²) in [5, 5.41) is 1.90. The van der Waals surface area contributed by atoms with Crippen LogP contribution in [0.4, 0.5) is 0 Å². The fourth-order valence-electron chi connectivity index (χ4n) is 1.80. The molecule has 1 amide bonds. The van der Waals surface area contributed by atoms with Crippen molar-refractivity contribution in [1.29, 1.82) is 0 Å². The van der Waals surface area contributed by atoms with Crippen molar-refractivity contribution in [2.75, 3.05) is 0 Å². The van der Waals surface area contributed by atoms with Crippen molar-refractivity contribution < 1.29 is 4.79 Å². The van der Waals surface area contributed by atoms with Gasteiger partial charge in [0.2, 0.25) is 0 Å². The second-order valence-corrected chi connectivity index (χ2v) is 4.45. The molecule has 0 fully saturated rings. The van der Waals surface area contributed by atoms with Gasteiger partial charge in [-0.2, -0.15) is 0 Å². The van der Waals surface area contributed by atoms with E-state index >= 15 is 0 Å². The molecule has 0 radical (unpaired) electrons. The van der Waals surface area contributed by atoms with E-state index in [1.54, 1.807) is 0 Å². The number of aryl methyl sites for hydroxylation is 1. The third-order valence-corrected chi connectivity index (χ3v) is 3.51. The summed E-state index contributed by atoms with van der Waals surface area (Å²) in [6, 6.07) is 10.1. The van der Waals surface area contributed by atoms with Crippen LogP contribution in [0.3, 0.4) is 0 Å². The lowest BCUT2D eigenvalue weighted by atomic mass is 9.98. The summed E-state index contributed by atoms with van der Waals surface area (Å²) in [5.41, 5.74) is 8.66. The zero-order valence-corrected chi connectivity index (χ0v) is 9.88. The molecule has 82 valence electrons. The Balaban J connectivity index is 2.58. The van der Waals surface area contributed by atoms with Crippen molar-refractivity contribution in [3.63, 3.8) is 0 Å². The average molecular weight is 231 g/mol. The molecule has 0 unspecified atom stereocenters. The maximum atomic E-state index is 11.3. The molecule has 3 heteroatoms. The van der Waals surface area contributed by atoms with Crippen LogP contribution in [0, 0.1) is 0 Å². The number of amides is 1. The molecular formula is C13H13NOS. The SMILES string of the molecule is CCc1ccccc1-c1ccsc1C(N)=O. The van der Waals surface area contributed by atoms with E-state index in [9.17, 15) is 4.79 Å². The van der Waals surface area contributed by atoms with Crippen LogP contribution in [-0.4, -0.2) is 5.91 Å². The standard InChI is InChI=1S/C13H13NOS/c1-2-9-5-3-4-6-10(9)11-7-8-16-12(11)13(14)15/h3-8H,2H2,1H3,(H2,14,15). The van der Waals surface area contributed by atoms with E-state index in [1.165, 1.54) is 16.9 Å². The monoisotopic (exact) mass is 231 g/mol. The zero-order valence-electron chi connectivity index (χ0n) is 9.07. The lowest BCUT2D eigenvalue weighted by Crippen LogP contribution is -2.10. The number of carbonyl (C=O) groups is 1. The van der Waals surface area contributed by atoms with Crippen LogP contribution < -0.4 is 5.73 Å². The maximum absolute atomic E-state index is 11.3. The van der Waals surface area contributed by atoms with Gasteiger partial charge in [0.25, 0.3) is 5.91 Å². The van der Waals surface area contributed by atoms with Crippen LogP contribution in [0.15, 0.2) is 35.7 Å². The molecule has 1 aromatic carbocycles. The molecule has 2 aromatic rings. The number of thiophene rings is 1. The lowest BCUT2D eigenvalue weighted by Gasteiger charge is -2.07. The van der Waals surface area contributed by atoms with Gasteiger partial charge in [0.15, 0.2) is 0 Å². The Kier molecular flexibility index (Phi) is 3.06. The Hall–Kier alpha value is -1.61. The van der Waals surface area contributed by atoms with Crippen LogP contribution in [0.25, 0.3) is 11.1 Å². The first kappa shape index (κ1) is 10.9. The van der Waals surface area contributed by atoms with Crippen molar-refractivity contribution in [2.45, 2.75) is 13.3 Å². The highest BCUT2D eigenvalue weighted by Crippen LogP contribution is 2.30. The quantitative estimate of drug-likeness (QED) is 0.866. The maximum Gasteiger partial charge on any atom is 0.259 e. The van der Waals surface area contributed by atoms with Crippen molar-refractivity contribution >= 4 is 17.2 Å². The molecule has 0 aliphatic rings. The second-order valence-electron chi connectivity index (χ2n) is 3.54. The minimum atomic E-state index is -0.351. The first-order valence-electron chi connectivity index (χ1n) is 5.19. The Morgan fingerprint density at radius 3 is 2.69 bits per heavy atom. The van der Waals surface area contributed by atoms with Crippen LogP contribution in [-0.2, 0) is 6.42 Å². The molecule has 0 saturated heterocycles. The molecule has 0 atom stereocenters. The van der Waals surface area contributed by atoms with Gasteiger partial charge in [-0.25, -0.2) is 0 Å². The van der Waals surface area contributed by atoms with Crippen LogP contribution in [0.1, 0.15) is 22.2 Å². The molecule has 1 aromatic heterocycles. The van der Waals surface area contributed by atoms with Gasteiger partial charge in [0.05, 0.1) is 4.88 Å². The summed E-state index contributed by atoms with van der Waals surface area (Å²) in [5.74, 6) is -0.351. The van der Waals surface area contributed by atoms with Gasteiger partial charge in [-0.1, -0.05) is 31.2 Å². The Morgan fingerprint density at radius 1 is 1.25 bits per heavy atom. The molecule has 0 bridgehead atoms. The van der Waals surface area contributed by atoms with E-state index in [4.69, 9.17) is 5.73 Å². The van der Waals surface area contributed by atoms with E-state index in [1.807, 2.05) is 29.6 Å². The molecule has 0 aliphatic heterocycles. The zero-order chi connectivity index (χ0) is 11.5. The molecule has 0 aliphatic carbocycles. The second kappa shape index (κ2) is 4.49. The molecule has 0 spiro atoms. The molecule has 2 nitrogen and oxygen atoms in total. The summed E-state index contributed by atoms with van der Waals surface area (Å²) in [7, 11) is 0. The topological polar surface area (TPSA) is 43.1 Å². The fraction of sp³-hybridized carbons (Fsp3) is 0.154. The van der Waals surface area contributed by atoms with E-state index in [-0.39, 0.29) is 5.91 Å². The van der Waals surface area contributed by atoms with Crippen LogP contribution in [0.2, 0.25) is 0 Å². The van der Waals surface area contributed by atoms with E-state index in [0.29, 0.717) is 4.88 Å². The molecular weight excluding hydrogens is 218 g/mol. The Bertz CT molecular complexity index is 516. The Morgan fingerprint density at radius 2 is 2.00 bits per heavy atom. The molecule has 2 rings (SSSR count). The molecule has 2 N–H and O–H groups in total. The van der Waals surface area contributed by atoms with Crippen molar-refractivity contribution in [3.05, 3.63) is 46.2 Å². The summed E-state index contributed by atoms with van der Waals surface area (Å²) in [4.78, 5) is 11.9. The number of hydrogen-bond acceptors (Lipinski definition) is 2. The van der Waals surface area contributed by atoms with Crippen LogP contribution >= 0.6 is 11.3 Å². The molecule has 1 heterocycles. The highest BCUT2D eigenvalue weighted by Gasteiger charge is 2.13. The number of nitrogens with two attached hydrogens (primary N) is 1. The van der Waals surface area contributed by atoms with Gasteiger partial charge in [-0.15, -0.1) is 11.3 Å². The molecule has 16 heavy (non-hydrogen) atoms. The van der Waals surface area contributed by atoms with Gasteiger partial charge >= 0.3 is 0 Å². The average Bonchev–Trinajstić information content (AvgIpc) is 2.77. The van der Waals surface area contributed by atoms with Crippen molar-refractivity contribution in [1.82, 2.24) is 0 Å². The van der Waals surface area contributed by atoms with Crippen molar-refractivity contribution in [2.24, 2.45) is 5.73 Å². The van der Waals surface area contributed by atoms with E-state index < -0.39 is 0 Å². The number of hydrogen-bond donors (Lipinski definition) is 1. The highest BCUT2D eigenvalue weighted by atomic mass is 32.1. The summed E-state index contributed by atoms with van der Waals surface area (Å²) < 4.78 is 0. The first-order chi connectivity index (χ1) is 7.74.